The van der Waals surface area contributed by atoms with Crippen molar-refractivity contribution >= 4 is 16.7 Å². The van der Waals surface area contributed by atoms with Crippen molar-refractivity contribution in [1.82, 2.24) is 9.97 Å². The van der Waals surface area contributed by atoms with E-state index in [0.717, 1.165) is 11.9 Å². The summed E-state index contributed by atoms with van der Waals surface area (Å²) < 4.78 is 26.8. The Morgan fingerprint density at radius 2 is 2.22 bits per heavy atom. The van der Waals surface area contributed by atoms with Crippen molar-refractivity contribution in [2.45, 2.75) is 37.5 Å². The van der Waals surface area contributed by atoms with Crippen LogP contribution in [0.25, 0.3) is 11.0 Å². The first-order chi connectivity index (χ1) is 8.55. The van der Waals surface area contributed by atoms with Gasteiger partial charge in [0.15, 0.2) is 0 Å². The lowest BCUT2D eigenvalue weighted by molar-refractivity contribution is -0.0416. The topological polar surface area (TPSA) is 54.7 Å². The zero-order valence-electron chi connectivity index (χ0n) is 9.92. The third-order valence-electron chi connectivity index (χ3n) is 3.59. The van der Waals surface area contributed by atoms with E-state index in [1.54, 1.807) is 6.07 Å². The zero-order chi connectivity index (χ0) is 12.8. The van der Waals surface area contributed by atoms with Crippen molar-refractivity contribution in [3.05, 3.63) is 24.0 Å². The Morgan fingerprint density at radius 3 is 2.94 bits per heavy atom. The molecule has 0 spiro atoms. The van der Waals surface area contributed by atoms with Crippen molar-refractivity contribution in [3.63, 3.8) is 0 Å². The number of nitrogens with two attached hydrogens (primary N) is 1. The number of nitrogen functional groups attached to an aromatic ring is 1. The number of aromatic amines is 1. The number of imidazole rings is 1. The Kier molecular flexibility index (Phi) is 2.50. The van der Waals surface area contributed by atoms with E-state index in [9.17, 15) is 8.78 Å². The van der Waals surface area contributed by atoms with Crippen LogP contribution in [0.2, 0.25) is 0 Å². The van der Waals surface area contributed by atoms with Crippen LogP contribution in [0.15, 0.2) is 18.2 Å². The Balaban J connectivity index is 1.97. The van der Waals surface area contributed by atoms with Gasteiger partial charge in [-0.1, -0.05) is 6.07 Å². The standard InChI is InChI=1S/C13H15F2N3/c14-13(15)6-2-3-8(7-13)12-17-10-5-1-4-9(16)11(10)18-12/h1,4-5,8H,2-3,6-7,16H2,(H,17,18). The predicted molar refractivity (Wildman–Crippen MR) is 66.7 cm³/mol. The van der Waals surface area contributed by atoms with Gasteiger partial charge in [-0.25, -0.2) is 13.8 Å². The fourth-order valence-electron chi connectivity index (χ4n) is 2.67. The van der Waals surface area contributed by atoms with Gasteiger partial charge in [0.25, 0.3) is 0 Å². The molecule has 1 fully saturated rings. The van der Waals surface area contributed by atoms with Crippen molar-refractivity contribution in [1.29, 1.82) is 0 Å². The summed E-state index contributed by atoms with van der Waals surface area (Å²) in [5.41, 5.74) is 7.90. The lowest BCUT2D eigenvalue weighted by atomic mass is 9.86. The van der Waals surface area contributed by atoms with Crippen molar-refractivity contribution in [2.24, 2.45) is 0 Å². The lowest BCUT2D eigenvalue weighted by Crippen LogP contribution is -2.25. The molecule has 1 aromatic heterocycles. The van der Waals surface area contributed by atoms with Crippen LogP contribution in [-0.2, 0) is 0 Å². The number of hydrogen-bond acceptors (Lipinski definition) is 2. The second-order valence-corrected chi connectivity index (χ2v) is 5.01. The SMILES string of the molecule is Nc1cccc2[nH]c(C3CCCC(F)(F)C3)nc12. The molecule has 3 nitrogen and oxygen atoms in total. The molecule has 1 aliphatic rings. The third-order valence-corrected chi connectivity index (χ3v) is 3.59. The van der Waals surface area contributed by atoms with E-state index < -0.39 is 5.92 Å². The van der Waals surface area contributed by atoms with E-state index in [2.05, 4.69) is 9.97 Å². The first-order valence-corrected chi connectivity index (χ1v) is 6.17. The van der Waals surface area contributed by atoms with Gasteiger partial charge in [-0.05, 0) is 25.0 Å². The van der Waals surface area contributed by atoms with Gasteiger partial charge in [0.05, 0.1) is 11.2 Å². The molecule has 0 saturated heterocycles. The molecule has 3 rings (SSSR count). The smallest absolute Gasteiger partial charge is 0.248 e. The van der Waals surface area contributed by atoms with E-state index in [1.807, 2.05) is 12.1 Å². The molecule has 0 bridgehead atoms. The third kappa shape index (κ3) is 1.94. The summed E-state index contributed by atoms with van der Waals surface area (Å²) in [6, 6.07) is 5.46. The van der Waals surface area contributed by atoms with Crippen LogP contribution < -0.4 is 5.73 Å². The predicted octanol–water partition coefficient (Wildman–Crippen LogP) is 3.44. The Labute approximate surface area is 103 Å². The molecule has 3 N–H and O–H groups in total. The summed E-state index contributed by atoms with van der Waals surface area (Å²) in [6.07, 6.45) is 1.18. The van der Waals surface area contributed by atoms with Gasteiger partial charge in [-0.3, -0.25) is 0 Å². The Hall–Kier alpha value is -1.65. The summed E-state index contributed by atoms with van der Waals surface area (Å²) in [4.78, 5) is 7.51. The van der Waals surface area contributed by atoms with Crippen molar-refractivity contribution < 1.29 is 8.78 Å². The van der Waals surface area contributed by atoms with Gasteiger partial charge in [0.1, 0.15) is 11.3 Å². The number of alkyl halides is 2. The molecular formula is C13H15F2N3. The number of rotatable bonds is 1. The minimum absolute atomic E-state index is 0.00807. The van der Waals surface area contributed by atoms with Crippen LogP contribution >= 0.6 is 0 Å². The second-order valence-electron chi connectivity index (χ2n) is 5.01. The zero-order valence-corrected chi connectivity index (χ0v) is 9.92. The average molecular weight is 251 g/mol. The molecule has 96 valence electrons. The van der Waals surface area contributed by atoms with Crippen LogP contribution in [0, 0.1) is 0 Å². The largest absolute Gasteiger partial charge is 0.397 e. The monoisotopic (exact) mass is 251 g/mol. The van der Waals surface area contributed by atoms with Crippen molar-refractivity contribution in [3.8, 4) is 0 Å². The van der Waals surface area contributed by atoms with Crippen LogP contribution in [0.1, 0.15) is 37.4 Å². The molecule has 1 aromatic carbocycles. The first kappa shape index (κ1) is 11.4. The minimum Gasteiger partial charge on any atom is -0.397 e. The number of halogens is 2. The highest BCUT2D eigenvalue weighted by Gasteiger charge is 2.37. The van der Waals surface area contributed by atoms with Gasteiger partial charge in [0.2, 0.25) is 5.92 Å². The molecule has 1 saturated carbocycles. The number of H-pyrrole nitrogens is 1. The van der Waals surface area contributed by atoms with Crippen LogP contribution in [-0.4, -0.2) is 15.9 Å². The maximum atomic E-state index is 13.4. The highest BCUT2D eigenvalue weighted by atomic mass is 19.3. The molecule has 1 unspecified atom stereocenters. The Bertz CT molecular complexity index is 577. The van der Waals surface area contributed by atoms with Crippen LogP contribution in [0.3, 0.4) is 0 Å². The fraction of sp³-hybridized carbons (Fsp3) is 0.462. The van der Waals surface area contributed by atoms with E-state index in [0.29, 0.717) is 23.4 Å². The van der Waals surface area contributed by atoms with E-state index in [1.165, 1.54) is 0 Å². The van der Waals surface area contributed by atoms with Crippen molar-refractivity contribution in [2.75, 3.05) is 5.73 Å². The number of hydrogen-bond donors (Lipinski definition) is 2. The second kappa shape index (κ2) is 3.93. The number of aromatic nitrogens is 2. The van der Waals surface area contributed by atoms with Gasteiger partial charge in [0, 0.05) is 18.8 Å². The number of benzene rings is 1. The number of para-hydroxylation sites is 1. The van der Waals surface area contributed by atoms with E-state index in [4.69, 9.17) is 5.73 Å². The first-order valence-electron chi connectivity index (χ1n) is 6.17. The molecule has 1 aliphatic carbocycles. The summed E-state index contributed by atoms with van der Waals surface area (Å²) in [5.74, 6) is -2.12. The molecule has 5 heteroatoms. The highest BCUT2D eigenvalue weighted by molar-refractivity contribution is 5.86. The summed E-state index contributed by atoms with van der Waals surface area (Å²) in [6.45, 7) is 0. The number of nitrogens with zero attached hydrogens (tertiary/aromatic N) is 1. The Morgan fingerprint density at radius 1 is 1.39 bits per heavy atom. The number of anilines is 1. The summed E-state index contributed by atoms with van der Waals surface area (Å²) in [7, 11) is 0. The van der Waals surface area contributed by atoms with E-state index in [-0.39, 0.29) is 18.8 Å². The van der Waals surface area contributed by atoms with Crippen LogP contribution in [0.4, 0.5) is 14.5 Å². The molecule has 1 heterocycles. The maximum absolute atomic E-state index is 13.4. The number of nitrogens with one attached hydrogen (secondary N) is 1. The maximum Gasteiger partial charge on any atom is 0.248 e. The minimum atomic E-state index is -2.56. The molecule has 2 aromatic rings. The summed E-state index contributed by atoms with van der Waals surface area (Å²) in [5, 5.41) is 0. The van der Waals surface area contributed by atoms with Gasteiger partial charge in [-0.15, -0.1) is 0 Å². The molecule has 18 heavy (non-hydrogen) atoms. The van der Waals surface area contributed by atoms with Gasteiger partial charge in [-0.2, -0.15) is 0 Å². The lowest BCUT2D eigenvalue weighted by Gasteiger charge is -2.27. The summed E-state index contributed by atoms with van der Waals surface area (Å²) >= 11 is 0. The van der Waals surface area contributed by atoms with Crippen LogP contribution in [0.5, 0.6) is 0 Å². The quantitative estimate of drug-likeness (QED) is 0.763. The molecular weight excluding hydrogens is 236 g/mol. The fourth-order valence-corrected chi connectivity index (χ4v) is 2.67. The normalized spacial score (nSPS) is 23.3. The number of fused-ring (bicyclic) bond motifs is 1. The molecule has 0 aliphatic heterocycles. The van der Waals surface area contributed by atoms with E-state index >= 15 is 0 Å². The molecule has 1 atom stereocenters. The molecule has 0 radical (unpaired) electrons. The van der Waals surface area contributed by atoms with Gasteiger partial charge >= 0.3 is 0 Å². The highest BCUT2D eigenvalue weighted by Crippen LogP contribution is 2.41. The van der Waals surface area contributed by atoms with Gasteiger partial charge < -0.3 is 10.7 Å². The average Bonchev–Trinajstić information content (AvgIpc) is 2.73. The molecule has 0 amide bonds.